The first-order valence-corrected chi connectivity index (χ1v) is 8.83. The Morgan fingerprint density at radius 3 is 2.48 bits per heavy atom. The highest BCUT2D eigenvalue weighted by atomic mass is 19.4. The highest BCUT2D eigenvalue weighted by molar-refractivity contribution is 5.98. The van der Waals surface area contributed by atoms with Crippen LogP contribution >= 0.6 is 0 Å². The molecule has 1 aliphatic rings. The highest BCUT2D eigenvalue weighted by Gasteiger charge is 2.34. The summed E-state index contributed by atoms with van der Waals surface area (Å²) >= 11 is 0. The minimum atomic E-state index is -4.63. The molecule has 0 unspecified atom stereocenters. The van der Waals surface area contributed by atoms with Crippen LogP contribution in [-0.4, -0.2) is 31.2 Å². The van der Waals surface area contributed by atoms with Crippen molar-refractivity contribution in [1.29, 1.82) is 0 Å². The third kappa shape index (κ3) is 4.98. The summed E-state index contributed by atoms with van der Waals surface area (Å²) < 4.78 is 55.2. The van der Waals surface area contributed by atoms with Gasteiger partial charge in [0, 0.05) is 6.42 Å². The van der Waals surface area contributed by atoms with E-state index in [9.17, 15) is 22.8 Å². The van der Waals surface area contributed by atoms with E-state index in [4.69, 9.17) is 14.2 Å². The molecule has 6 nitrogen and oxygen atoms in total. The van der Waals surface area contributed by atoms with Gasteiger partial charge in [0.15, 0.2) is 17.6 Å². The van der Waals surface area contributed by atoms with E-state index in [0.717, 1.165) is 12.1 Å². The quantitative estimate of drug-likeness (QED) is 0.772. The van der Waals surface area contributed by atoms with Crippen molar-refractivity contribution in [1.82, 2.24) is 0 Å². The number of rotatable bonds is 4. The maximum Gasteiger partial charge on any atom is 0.418 e. The number of amides is 1. The van der Waals surface area contributed by atoms with Crippen LogP contribution in [0.25, 0.3) is 0 Å². The predicted molar refractivity (Wildman–Crippen MR) is 97.0 cm³/mol. The molecule has 154 valence electrons. The van der Waals surface area contributed by atoms with Crippen LogP contribution in [0.5, 0.6) is 11.5 Å². The van der Waals surface area contributed by atoms with Crippen molar-refractivity contribution >= 4 is 17.6 Å². The van der Waals surface area contributed by atoms with Crippen LogP contribution < -0.4 is 14.8 Å². The van der Waals surface area contributed by atoms with Crippen molar-refractivity contribution in [2.24, 2.45) is 0 Å². The van der Waals surface area contributed by atoms with Crippen LogP contribution in [0.2, 0.25) is 0 Å². The number of carbonyl (C=O) groups is 2. The molecule has 0 aliphatic carbocycles. The molecule has 0 radical (unpaired) electrons. The van der Waals surface area contributed by atoms with Crippen LogP contribution in [-0.2, 0) is 15.7 Å². The van der Waals surface area contributed by atoms with Gasteiger partial charge in [-0.1, -0.05) is 12.1 Å². The molecule has 0 spiro atoms. The van der Waals surface area contributed by atoms with E-state index >= 15 is 0 Å². The first kappa shape index (κ1) is 20.5. The van der Waals surface area contributed by atoms with Crippen LogP contribution in [0.15, 0.2) is 42.5 Å². The summed E-state index contributed by atoms with van der Waals surface area (Å²) in [7, 11) is 0. The second-order valence-corrected chi connectivity index (χ2v) is 6.29. The number of ether oxygens (including phenoxy) is 3. The molecule has 0 fully saturated rings. The lowest BCUT2D eigenvalue weighted by Crippen LogP contribution is -2.30. The largest absolute Gasteiger partial charge is 0.490 e. The molecule has 1 amide bonds. The Bertz CT molecular complexity index is 913. The summed E-state index contributed by atoms with van der Waals surface area (Å²) in [6.45, 7) is 2.20. The van der Waals surface area contributed by atoms with E-state index in [1.807, 2.05) is 0 Å². The fourth-order valence-corrected chi connectivity index (χ4v) is 2.65. The van der Waals surface area contributed by atoms with E-state index < -0.39 is 35.4 Å². The molecular weight excluding hydrogens is 391 g/mol. The molecule has 1 heterocycles. The number of benzene rings is 2. The number of halogens is 3. The SMILES string of the molecule is C[C@H](OC(=O)c1ccc2c(c1)OCCCO2)C(=O)Nc1ccccc1C(F)(F)F. The fourth-order valence-electron chi connectivity index (χ4n) is 2.65. The highest BCUT2D eigenvalue weighted by Crippen LogP contribution is 2.34. The summed E-state index contributed by atoms with van der Waals surface area (Å²) in [6.07, 6.45) is -5.25. The molecule has 0 aromatic heterocycles. The number of hydrogen-bond acceptors (Lipinski definition) is 5. The zero-order valence-electron chi connectivity index (χ0n) is 15.4. The molecule has 0 saturated heterocycles. The van der Waals surface area contributed by atoms with Gasteiger partial charge in [0.05, 0.1) is 30.0 Å². The van der Waals surface area contributed by atoms with Gasteiger partial charge in [-0.25, -0.2) is 4.79 Å². The number of esters is 1. The Morgan fingerprint density at radius 2 is 1.76 bits per heavy atom. The van der Waals surface area contributed by atoms with E-state index in [0.29, 0.717) is 31.1 Å². The number of nitrogens with one attached hydrogen (secondary N) is 1. The summed E-state index contributed by atoms with van der Waals surface area (Å²) in [5.41, 5.74) is -1.28. The number of fused-ring (bicyclic) bond motifs is 1. The number of para-hydroxylation sites is 1. The minimum absolute atomic E-state index is 0.129. The van der Waals surface area contributed by atoms with Crippen molar-refractivity contribution in [3.63, 3.8) is 0 Å². The first-order valence-electron chi connectivity index (χ1n) is 8.83. The average molecular weight is 409 g/mol. The number of anilines is 1. The maximum absolute atomic E-state index is 13.0. The van der Waals surface area contributed by atoms with Crippen LogP contribution in [0.3, 0.4) is 0 Å². The van der Waals surface area contributed by atoms with Gasteiger partial charge < -0.3 is 19.5 Å². The third-order valence-corrected chi connectivity index (χ3v) is 4.13. The average Bonchev–Trinajstić information content (AvgIpc) is 2.92. The normalized spacial score (nSPS) is 14.5. The molecule has 2 aromatic rings. The molecular formula is C20H18F3NO5. The first-order chi connectivity index (χ1) is 13.8. The van der Waals surface area contributed by atoms with Crippen molar-refractivity contribution in [3.05, 3.63) is 53.6 Å². The Balaban J connectivity index is 1.67. The van der Waals surface area contributed by atoms with Crippen LogP contribution in [0.4, 0.5) is 18.9 Å². The minimum Gasteiger partial charge on any atom is -0.490 e. The Hall–Kier alpha value is -3.23. The van der Waals surface area contributed by atoms with Crippen molar-refractivity contribution in [2.45, 2.75) is 25.6 Å². The molecule has 3 rings (SSSR count). The monoisotopic (exact) mass is 409 g/mol. The second kappa shape index (κ2) is 8.42. The second-order valence-electron chi connectivity index (χ2n) is 6.29. The molecule has 9 heteroatoms. The lowest BCUT2D eigenvalue weighted by atomic mass is 10.1. The molecule has 0 saturated carbocycles. The van der Waals surface area contributed by atoms with Gasteiger partial charge in [-0.2, -0.15) is 13.2 Å². The smallest absolute Gasteiger partial charge is 0.418 e. The van der Waals surface area contributed by atoms with Crippen LogP contribution in [0, 0.1) is 0 Å². The van der Waals surface area contributed by atoms with E-state index in [1.165, 1.54) is 31.2 Å². The molecule has 1 aliphatic heterocycles. The molecule has 2 aromatic carbocycles. The number of alkyl halides is 3. The summed E-state index contributed by atoms with van der Waals surface area (Å²) in [6, 6.07) is 9.00. The van der Waals surface area contributed by atoms with Gasteiger partial charge in [0.2, 0.25) is 0 Å². The summed E-state index contributed by atoms with van der Waals surface area (Å²) in [5.74, 6) is -0.821. The number of hydrogen-bond donors (Lipinski definition) is 1. The molecule has 1 N–H and O–H groups in total. The Kier molecular flexibility index (Phi) is 5.95. The van der Waals surface area contributed by atoms with Gasteiger partial charge in [-0.3, -0.25) is 4.79 Å². The van der Waals surface area contributed by atoms with Crippen molar-refractivity contribution in [3.8, 4) is 11.5 Å². The van der Waals surface area contributed by atoms with E-state index in [2.05, 4.69) is 5.32 Å². The standard InChI is InChI=1S/C20H18F3NO5/c1-12(18(25)24-15-6-3-2-5-14(15)20(21,22)23)29-19(26)13-7-8-16-17(11-13)28-10-4-9-27-16/h2-3,5-8,11-12H,4,9-10H2,1H3,(H,24,25)/t12-/m0/s1. The molecule has 1 atom stereocenters. The van der Waals surface area contributed by atoms with E-state index in [-0.39, 0.29) is 5.56 Å². The zero-order valence-corrected chi connectivity index (χ0v) is 15.4. The van der Waals surface area contributed by atoms with Gasteiger partial charge >= 0.3 is 12.1 Å². The lowest BCUT2D eigenvalue weighted by Gasteiger charge is -2.17. The van der Waals surface area contributed by atoms with Gasteiger partial charge in [0.25, 0.3) is 5.91 Å². The number of carbonyl (C=O) groups excluding carboxylic acids is 2. The predicted octanol–water partition coefficient (Wildman–Crippen LogP) is 4.05. The topological polar surface area (TPSA) is 73.9 Å². The van der Waals surface area contributed by atoms with Gasteiger partial charge in [-0.15, -0.1) is 0 Å². The van der Waals surface area contributed by atoms with E-state index in [1.54, 1.807) is 6.07 Å². The Morgan fingerprint density at radius 1 is 1.07 bits per heavy atom. The van der Waals surface area contributed by atoms with Gasteiger partial charge in [-0.05, 0) is 37.3 Å². The zero-order chi connectivity index (χ0) is 21.0. The van der Waals surface area contributed by atoms with Crippen molar-refractivity contribution < 1.29 is 37.0 Å². The maximum atomic E-state index is 13.0. The third-order valence-electron chi connectivity index (χ3n) is 4.13. The van der Waals surface area contributed by atoms with Crippen molar-refractivity contribution in [2.75, 3.05) is 18.5 Å². The summed E-state index contributed by atoms with van der Waals surface area (Å²) in [5, 5.41) is 2.15. The van der Waals surface area contributed by atoms with Crippen LogP contribution in [0.1, 0.15) is 29.3 Å². The Labute approximate surface area is 164 Å². The molecule has 0 bridgehead atoms. The lowest BCUT2D eigenvalue weighted by molar-refractivity contribution is -0.137. The fraction of sp³-hybridized carbons (Fsp3) is 0.300. The van der Waals surface area contributed by atoms with Gasteiger partial charge in [0.1, 0.15) is 0 Å². The summed E-state index contributed by atoms with van der Waals surface area (Å²) in [4.78, 5) is 24.6. The molecule has 29 heavy (non-hydrogen) atoms.